The summed E-state index contributed by atoms with van der Waals surface area (Å²) in [4.78, 5) is 147. The van der Waals surface area contributed by atoms with Gasteiger partial charge in [0.25, 0.3) is 5.91 Å². The highest BCUT2D eigenvalue weighted by Gasteiger charge is 2.41. The molecule has 1 fully saturated rings. The van der Waals surface area contributed by atoms with Crippen LogP contribution in [0.25, 0.3) is 10.9 Å². The molecule has 0 aliphatic carbocycles. The molecule has 1 aliphatic rings. The molecule has 3 heterocycles. The van der Waals surface area contributed by atoms with Crippen molar-refractivity contribution >= 4 is 76.0 Å². The number of benzene rings is 2. The Hall–Kier alpha value is -8.88. The highest BCUT2D eigenvalue weighted by atomic mass is 16.4. The third kappa shape index (κ3) is 18.0. The number of guanidine groups is 1. The van der Waals surface area contributed by atoms with E-state index in [1.807, 2.05) is 24.3 Å². The summed E-state index contributed by atoms with van der Waals surface area (Å²) in [5.74, 6) is -8.15. The number of hydrogen-bond donors (Lipinski definition) is 15. The number of nitrogens with one attached hydrogen (secondary N) is 11. The lowest BCUT2D eigenvalue weighted by atomic mass is 10.0. The Labute approximate surface area is 436 Å². The number of quaternary nitrogens is 1. The highest BCUT2D eigenvalue weighted by molar-refractivity contribution is 5.98. The van der Waals surface area contributed by atoms with Crippen molar-refractivity contribution < 1.29 is 68.8 Å². The zero-order valence-corrected chi connectivity index (χ0v) is 42.1. The van der Waals surface area contributed by atoms with Gasteiger partial charge in [0.05, 0.1) is 13.1 Å². The number of fused-ring (bicyclic) bond motifs is 1. The van der Waals surface area contributed by atoms with Gasteiger partial charge in [0, 0.05) is 49.3 Å². The first-order valence-electron chi connectivity index (χ1n) is 24.7. The Kier molecular flexibility index (Phi) is 21.8. The molecule has 2 aromatic carbocycles. The average molecular weight is 1060 g/mol. The van der Waals surface area contributed by atoms with Crippen molar-refractivity contribution in [3.63, 3.8) is 0 Å². The summed E-state index contributed by atoms with van der Waals surface area (Å²) in [7, 11) is 0. The normalized spacial score (nSPS) is 15.3. The molecule has 2 aromatic heterocycles. The zero-order chi connectivity index (χ0) is 55.3. The molecule has 0 radical (unpaired) electrons. The van der Waals surface area contributed by atoms with Crippen LogP contribution in [0.5, 0.6) is 0 Å². The van der Waals surface area contributed by atoms with Crippen LogP contribution in [0.15, 0.2) is 73.3 Å². The maximum Gasteiger partial charge on any atom is 0.338 e. The number of rotatable bonds is 29. The number of aromatic nitrogens is 3. The van der Waals surface area contributed by atoms with E-state index in [9.17, 15) is 47.9 Å². The number of nitrogens with zero attached hydrogens (tertiary/aromatic N) is 1. The molecule has 5 rings (SSSR count). The van der Waals surface area contributed by atoms with E-state index in [4.69, 9.17) is 22.3 Å². The quantitative estimate of drug-likeness (QED) is 0.0137. The topological polar surface area (TPSA) is 444 Å². The van der Waals surface area contributed by atoms with Crippen LogP contribution in [0.2, 0.25) is 0 Å². The van der Waals surface area contributed by atoms with Crippen molar-refractivity contribution in [2.24, 2.45) is 17.2 Å². The van der Waals surface area contributed by atoms with Crippen LogP contribution in [-0.4, -0.2) is 154 Å². The van der Waals surface area contributed by atoms with E-state index in [0.29, 0.717) is 17.7 Å². The molecule has 21 N–H and O–H groups in total. The fourth-order valence-electron chi connectivity index (χ4n) is 8.44. The third-order valence-electron chi connectivity index (χ3n) is 12.4. The molecule has 1 aliphatic heterocycles. The second-order valence-electron chi connectivity index (χ2n) is 18.4. The number of imidazole rings is 1. The van der Waals surface area contributed by atoms with Gasteiger partial charge in [-0.2, -0.15) is 0 Å². The van der Waals surface area contributed by atoms with Gasteiger partial charge >= 0.3 is 11.9 Å². The Morgan fingerprint density at radius 1 is 0.750 bits per heavy atom. The summed E-state index contributed by atoms with van der Waals surface area (Å²) in [6.07, 6.45) is 4.68. The predicted octanol–water partition coefficient (Wildman–Crippen LogP) is -6.90. The first-order chi connectivity index (χ1) is 36.3. The summed E-state index contributed by atoms with van der Waals surface area (Å²) in [5, 5.41) is 27.8. The van der Waals surface area contributed by atoms with Crippen molar-refractivity contribution in [1.82, 2.24) is 52.1 Å². The van der Waals surface area contributed by atoms with Crippen molar-refractivity contribution in [2.75, 3.05) is 26.2 Å². The van der Waals surface area contributed by atoms with E-state index in [1.54, 1.807) is 49.6 Å². The van der Waals surface area contributed by atoms with Gasteiger partial charge in [-0.15, -0.1) is 0 Å². The maximum absolute atomic E-state index is 14.8. The molecule has 0 saturated carbocycles. The van der Waals surface area contributed by atoms with Gasteiger partial charge in [-0.1, -0.05) is 48.5 Å². The molecule has 408 valence electrons. The fraction of sp³-hybridized carbons (Fsp3) is 0.429. The Balaban J connectivity index is 1.36. The van der Waals surface area contributed by atoms with Crippen LogP contribution in [0, 0.1) is 0 Å². The second kappa shape index (κ2) is 28.5. The molecule has 9 amide bonds. The minimum atomic E-state index is -1.47. The van der Waals surface area contributed by atoms with Gasteiger partial charge in [0.2, 0.25) is 53.6 Å². The van der Waals surface area contributed by atoms with Gasteiger partial charge in [-0.25, -0.2) is 4.98 Å². The molecular formula is C49H69N16O11+3. The number of aromatic amines is 3. The van der Waals surface area contributed by atoms with Crippen LogP contribution in [-0.2, 0) is 67.2 Å². The van der Waals surface area contributed by atoms with Gasteiger partial charge in [-0.05, 0) is 56.2 Å². The van der Waals surface area contributed by atoms with E-state index in [1.165, 1.54) is 11.2 Å². The number of amides is 9. The summed E-state index contributed by atoms with van der Waals surface area (Å²) in [6, 6.07) is 7.42. The number of para-hydroxylation sites is 1. The number of hydrogen-bond acceptors (Lipinski definition) is 10. The Morgan fingerprint density at radius 3 is 2.07 bits per heavy atom. The lowest BCUT2D eigenvalue weighted by molar-refractivity contribution is -0.459. The van der Waals surface area contributed by atoms with Crippen LogP contribution in [0.4, 0.5) is 0 Å². The highest BCUT2D eigenvalue weighted by Crippen LogP contribution is 2.22. The molecule has 7 atom stereocenters. The Morgan fingerprint density at radius 2 is 1.39 bits per heavy atom. The van der Waals surface area contributed by atoms with E-state index in [0.717, 1.165) is 16.5 Å². The number of likely N-dealkylation sites (tertiary alicyclic amines) is 1. The molecule has 1 saturated heterocycles. The number of carbonyl (C=O) groups is 10. The zero-order valence-electron chi connectivity index (χ0n) is 42.1. The summed E-state index contributed by atoms with van der Waals surface area (Å²) < 4.78 is 0. The number of primary amides is 1. The van der Waals surface area contributed by atoms with E-state index in [2.05, 4.69) is 62.9 Å². The largest absolute Gasteiger partial charge is 0.480 e. The summed E-state index contributed by atoms with van der Waals surface area (Å²) >= 11 is 0. The molecular weight excluding hydrogens is 989 g/mol. The molecule has 0 bridgehead atoms. The maximum atomic E-state index is 14.8. The number of carbonyl (C=O) groups excluding carboxylic acids is 9. The minimum absolute atomic E-state index is 0.00796. The summed E-state index contributed by atoms with van der Waals surface area (Å²) in [6.45, 7) is 0.518. The molecule has 0 spiro atoms. The van der Waals surface area contributed by atoms with E-state index in [-0.39, 0.29) is 70.4 Å². The molecule has 0 unspecified atom stereocenters. The number of nitrogens with two attached hydrogens (primary N) is 3. The van der Waals surface area contributed by atoms with E-state index >= 15 is 0 Å². The van der Waals surface area contributed by atoms with Crippen LogP contribution >= 0.6 is 0 Å². The third-order valence-corrected chi connectivity index (χ3v) is 12.4. The van der Waals surface area contributed by atoms with Crippen molar-refractivity contribution in [1.29, 1.82) is 0 Å². The SMILES string of the molecule is C[C@H]([NH3+])C(=O)N[C@@H](Cc1c[nH]c2ccccc12)C(=O)N[C@@H](CCC[NH+]=C(N)N)C(=O)N[C@@H](Cc1c[nH+]c[nH]1)C(=O)N1CCC[C@H]1C(=O)N[C@@H](CCC(N)=O)C(=O)N[C@@H](Cc1ccccc1)C(=O)NCC(=O)NCC(=O)O. The van der Waals surface area contributed by atoms with Crippen LogP contribution < -0.4 is 70.1 Å². The van der Waals surface area contributed by atoms with E-state index < -0.39 is 115 Å². The smallest absolute Gasteiger partial charge is 0.338 e. The van der Waals surface area contributed by atoms with Crippen LogP contribution in [0.3, 0.4) is 0 Å². The molecule has 4 aromatic rings. The first-order valence-corrected chi connectivity index (χ1v) is 24.7. The second-order valence-corrected chi connectivity index (χ2v) is 18.4. The number of carboxylic acids is 1. The summed E-state index contributed by atoms with van der Waals surface area (Å²) in [5.41, 5.74) is 23.1. The number of carboxylic acid groups (broad SMARTS) is 1. The number of aliphatic carboxylic acids is 1. The van der Waals surface area contributed by atoms with Crippen molar-refractivity contribution in [3.8, 4) is 0 Å². The predicted molar refractivity (Wildman–Crippen MR) is 270 cm³/mol. The molecule has 27 heteroatoms. The van der Waals surface area contributed by atoms with Gasteiger partial charge in [0.15, 0.2) is 6.04 Å². The van der Waals surface area contributed by atoms with Gasteiger partial charge in [0.1, 0.15) is 54.7 Å². The molecule has 76 heavy (non-hydrogen) atoms. The van der Waals surface area contributed by atoms with Gasteiger partial charge < -0.3 is 63.7 Å². The lowest BCUT2D eigenvalue weighted by Gasteiger charge is -2.31. The lowest BCUT2D eigenvalue weighted by Crippen LogP contribution is -2.78. The molecule has 27 nitrogen and oxygen atoms in total. The van der Waals surface area contributed by atoms with Gasteiger partial charge in [-0.3, -0.25) is 69.4 Å². The average Bonchev–Trinajstić information content (AvgIpc) is 4.19. The van der Waals surface area contributed by atoms with Crippen LogP contribution in [0.1, 0.15) is 62.3 Å². The number of H-pyrrole nitrogens is 3. The Bertz CT molecular complexity index is 2710. The minimum Gasteiger partial charge on any atom is -0.480 e. The fourth-order valence-corrected chi connectivity index (χ4v) is 8.44. The first kappa shape index (κ1) is 58.0. The van der Waals surface area contributed by atoms with Crippen molar-refractivity contribution in [2.45, 2.75) is 107 Å². The van der Waals surface area contributed by atoms with Crippen molar-refractivity contribution in [3.05, 3.63) is 90.1 Å². The standard InChI is InChI=1S/C49H66N16O11/c1-27(50)42(70)62-36(20-29-22-56-32-12-6-5-11-31(29)32)46(74)60-33(13-7-17-55-49(52)53)44(72)64-37(21-30-23-54-26-59-30)48(76)65-18-8-14-38(65)47(75)61-34(15-16-39(51)66)45(73)63-35(19-28-9-3-2-4-10-28)43(71)58-24-40(67)57-25-41(68)69/h2-6,9-12,22-23,26-27,33-38,56H,7-8,13-21,24-25,50H2,1H3,(H2,51,66)(H,54,59)(H,57,67)(H,58,71)(H,60,74)(H,61,75)(H,62,70)(H,63,73)(H,64,72)(H,68,69)(H4,52,53,55)/p+3/t27-,33-,34-,35-,36-,37-,38-/m0/s1. The monoisotopic (exact) mass is 1060 g/mol.